The normalized spacial score (nSPS) is 11.5. The molecule has 0 aliphatic rings. The minimum absolute atomic E-state index is 0.940. The molecule has 0 aliphatic heterocycles. The van der Waals surface area contributed by atoms with E-state index in [1.165, 1.54) is 54.6 Å². The van der Waals surface area contributed by atoms with E-state index < -0.39 is 0 Å². The maximum atomic E-state index is 4.66. The highest BCUT2D eigenvalue weighted by Gasteiger charge is 2.16. The molecule has 0 bridgehead atoms. The van der Waals surface area contributed by atoms with E-state index in [1.807, 2.05) is 49.1 Å². The van der Waals surface area contributed by atoms with E-state index in [-0.39, 0.29) is 0 Å². The largest absolute Gasteiger partial charge is 0.265 e. The molecule has 3 heteroatoms. The van der Waals surface area contributed by atoms with Crippen LogP contribution in [0.15, 0.2) is 164 Å². The van der Waals surface area contributed by atoms with Crippen molar-refractivity contribution in [2.45, 2.75) is 0 Å². The highest BCUT2D eigenvalue weighted by atomic mass is 14.7. The van der Waals surface area contributed by atoms with Gasteiger partial charge in [-0.05, 0) is 126 Å². The molecule has 0 atom stereocenters. The Kier molecular flexibility index (Phi) is 6.14. The van der Waals surface area contributed by atoms with Crippen LogP contribution in [0.3, 0.4) is 0 Å². The minimum atomic E-state index is 0.940. The molecule has 0 saturated heterocycles. The van der Waals surface area contributed by atoms with Crippen LogP contribution in [-0.2, 0) is 0 Å². The van der Waals surface area contributed by atoms with Gasteiger partial charge >= 0.3 is 0 Å². The van der Waals surface area contributed by atoms with Crippen molar-refractivity contribution in [1.29, 1.82) is 0 Å². The monoisotopic (exact) mass is 585 g/mol. The van der Waals surface area contributed by atoms with Gasteiger partial charge in [0.25, 0.3) is 0 Å². The third-order valence-electron chi connectivity index (χ3n) is 9.02. The van der Waals surface area contributed by atoms with Gasteiger partial charge in [0.15, 0.2) is 0 Å². The summed E-state index contributed by atoms with van der Waals surface area (Å²) >= 11 is 0. The number of benzene rings is 6. The molecule has 214 valence electrons. The quantitative estimate of drug-likeness (QED) is 0.189. The van der Waals surface area contributed by atoms with Crippen molar-refractivity contribution >= 4 is 32.3 Å². The van der Waals surface area contributed by atoms with Gasteiger partial charge in [-0.3, -0.25) is 15.0 Å². The molecule has 3 heterocycles. The van der Waals surface area contributed by atoms with Crippen LogP contribution in [0.25, 0.3) is 88.2 Å². The van der Waals surface area contributed by atoms with Crippen LogP contribution in [0.5, 0.6) is 0 Å². The van der Waals surface area contributed by atoms with Crippen LogP contribution in [0.2, 0.25) is 0 Å². The molecule has 9 rings (SSSR count). The first-order chi connectivity index (χ1) is 22.8. The van der Waals surface area contributed by atoms with Crippen LogP contribution in [-0.4, -0.2) is 15.0 Å². The maximum Gasteiger partial charge on any atom is 0.0702 e. The Balaban J connectivity index is 1.22. The van der Waals surface area contributed by atoms with Gasteiger partial charge in [-0.2, -0.15) is 0 Å². The van der Waals surface area contributed by atoms with Crippen molar-refractivity contribution < 1.29 is 0 Å². The molecule has 3 nitrogen and oxygen atoms in total. The van der Waals surface area contributed by atoms with Gasteiger partial charge in [0.1, 0.15) is 0 Å². The first-order valence-electron chi connectivity index (χ1n) is 15.5. The number of pyridine rings is 3. The highest BCUT2D eigenvalue weighted by molar-refractivity contribution is 6.27. The van der Waals surface area contributed by atoms with Crippen LogP contribution in [0.1, 0.15) is 0 Å². The lowest BCUT2D eigenvalue weighted by molar-refractivity contribution is 1.31. The van der Waals surface area contributed by atoms with Gasteiger partial charge in [-0.15, -0.1) is 0 Å². The van der Waals surface area contributed by atoms with Gasteiger partial charge < -0.3 is 0 Å². The van der Waals surface area contributed by atoms with Crippen molar-refractivity contribution in [3.63, 3.8) is 0 Å². The molecule has 6 aromatic carbocycles. The summed E-state index contributed by atoms with van der Waals surface area (Å²) in [4.78, 5) is 13.6. The van der Waals surface area contributed by atoms with Crippen molar-refractivity contribution in [1.82, 2.24) is 15.0 Å². The number of aromatic nitrogens is 3. The van der Waals surface area contributed by atoms with Crippen molar-refractivity contribution in [2.75, 3.05) is 0 Å². The van der Waals surface area contributed by atoms with E-state index in [1.54, 1.807) is 0 Å². The molecule has 0 saturated carbocycles. The third-order valence-corrected chi connectivity index (χ3v) is 9.02. The molecular weight excluding hydrogens is 558 g/mol. The summed E-state index contributed by atoms with van der Waals surface area (Å²) in [6, 6.07) is 49.9. The fourth-order valence-electron chi connectivity index (χ4n) is 6.86. The SMILES string of the molecule is c1ccc(-c2cc(-c3cccc(-c4ccc5ccc6c(-c7ccncc7)ccc7ccc4c5c76)c3)cc(-c3ccccn3)c2)nc1. The summed E-state index contributed by atoms with van der Waals surface area (Å²) in [5.41, 5.74) is 11.1. The maximum absolute atomic E-state index is 4.66. The molecule has 0 spiro atoms. The summed E-state index contributed by atoms with van der Waals surface area (Å²) in [5.74, 6) is 0. The van der Waals surface area contributed by atoms with Gasteiger partial charge in [0, 0.05) is 35.9 Å². The van der Waals surface area contributed by atoms with Crippen molar-refractivity contribution in [3.05, 3.63) is 164 Å². The third kappa shape index (κ3) is 4.41. The van der Waals surface area contributed by atoms with Crippen LogP contribution < -0.4 is 0 Å². The number of hydrogen-bond acceptors (Lipinski definition) is 3. The van der Waals surface area contributed by atoms with E-state index >= 15 is 0 Å². The van der Waals surface area contributed by atoms with Crippen LogP contribution in [0.4, 0.5) is 0 Å². The number of hydrogen-bond donors (Lipinski definition) is 0. The summed E-state index contributed by atoms with van der Waals surface area (Å²) in [6.07, 6.45) is 7.42. The predicted molar refractivity (Wildman–Crippen MR) is 191 cm³/mol. The summed E-state index contributed by atoms with van der Waals surface area (Å²) in [7, 11) is 0. The molecular formula is C43H27N3. The Morgan fingerprint density at radius 3 is 1.43 bits per heavy atom. The van der Waals surface area contributed by atoms with Crippen molar-refractivity contribution in [3.8, 4) is 55.9 Å². The average Bonchev–Trinajstić information content (AvgIpc) is 3.14. The van der Waals surface area contributed by atoms with Crippen LogP contribution >= 0.6 is 0 Å². The topological polar surface area (TPSA) is 38.7 Å². The van der Waals surface area contributed by atoms with E-state index in [2.05, 4.69) is 130 Å². The second-order valence-corrected chi connectivity index (χ2v) is 11.7. The molecule has 0 radical (unpaired) electrons. The molecule has 3 aromatic heterocycles. The molecule has 0 fully saturated rings. The second kappa shape index (κ2) is 10.8. The van der Waals surface area contributed by atoms with E-state index in [9.17, 15) is 0 Å². The first-order valence-corrected chi connectivity index (χ1v) is 15.5. The zero-order chi connectivity index (χ0) is 30.5. The fourth-order valence-corrected chi connectivity index (χ4v) is 6.86. The zero-order valence-electron chi connectivity index (χ0n) is 24.9. The standard InChI is InChI=1S/C43H27N3/c1-3-20-45-40(8-1)34-25-33(26-35(27-34)41-9-2-4-21-46-41)31-6-5-7-32(24-31)37-15-11-30-12-16-38-36(28-18-22-44-23-19-28)14-10-29-13-17-39(37)43(30)42(29)38/h1-27H. The van der Waals surface area contributed by atoms with Crippen LogP contribution in [0, 0.1) is 0 Å². The Hall–Kier alpha value is -6.19. The van der Waals surface area contributed by atoms with E-state index in [4.69, 9.17) is 0 Å². The summed E-state index contributed by atoms with van der Waals surface area (Å²) in [5, 5.41) is 7.65. The first kappa shape index (κ1) is 26.2. The fraction of sp³-hybridized carbons (Fsp3) is 0. The molecule has 46 heavy (non-hydrogen) atoms. The molecule has 0 N–H and O–H groups in total. The predicted octanol–water partition coefficient (Wildman–Crippen LogP) is 11.1. The Labute approximate surface area is 266 Å². The Morgan fingerprint density at radius 1 is 0.326 bits per heavy atom. The summed E-state index contributed by atoms with van der Waals surface area (Å²) in [6.45, 7) is 0. The molecule has 9 aromatic rings. The highest BCUT2D eigenvalue weighted by Crippen LogP contribution is 2.43. The van der Waals surface area contributed by atoms with Gasteiger partial charge in [-0.1, -0.05) is 78.9 Å². The smallest absolute Gasteiger partial charge is 0.0702 e. The Morgan fingerprint density at radius 2 is 0.848 bits per heavy atom. The zero-order valence-corrected chi connectivity index (χ0v) is 24.9. The molecule has 0 unspecified atom stereocenters. The van der Waals surface area contributed by atoms with Gasteiger partial charge in [0.2, 0.25) is 0 Å². The van der Waals surface area contributed by atoms with E-state index in [0.29, 0.717) is 0 Å². The van der Waals surface area contributed by atoms with E-state index in [0.717, 1.165) is 33.6 Å². The Bertz CT molecular complexity index is 2450. The summed E-state index contributed by atoms with van der Waals surface area (Å²) < 4.78 is 0. The molecule has 0 amide bonds. The molecule has 0 aliphatic carbocycles. The minimum Gasteiger partial charge on any atom is -0.265 e. The average molecular weight is 586 g/mol. The number of rotatable bonds is 5. The van der Waals surface area contributed by atoms with Gasteiger partial charge in [0.05, 0.1) is 11.4 Å². The lowest BCUT2D eigenvalue weighted by atomic mass is 9.87. The number of nitrogens with zero attached hydrogens (tertiary/aromatic N) is 3. The lowest BCUT2D eigenvalue weighted by Gasteiger charge is -2.17. The lowest BCUT2D eigenvalue weighted by Crippen LogP contribution is -1.91. The second-order valence-electron chi connectivity index (χ2n) is 11.7. The van der Waals surface area contributed by atoms with Gasteiger partial charge in [-0.25, -0.2) is 0 Å². The van der Waals surface area contributed by atoms with Crippen molar-refractivity contribution in [2.24, 2.45) is 0 Å².